The molecule has 1 saturated heterocycles. The van der Waals surface area contributed by atoms with Crippen LogP contribution in [0, 0.1) is 5.41 Å². The predicted octanol–water partition coefficient (Wildman–Crippen LogP) is 0.118. The molecular weight excluding hydrogens is 298 g/mol. The highest BCUT2D eigenvalue weighted by molar-refractivity contribution is 5.83. The number of nitrogens with zero attached hydrogens (tertiary/aromatic N) is 3. The number of anilines is 1. The summed E-state index contributed by atoms with van der Waals surface area (Å²) >= 11 is 0. The molecular formula is C16H25N3O4. The molecule has 1 aliphatic rings. The summed E-state index contributed by atoms with van der Waals surface area (Å²) < 4.78 is 6.01. The van der Waals surface area contributed by atoms with Crippen LogP contribution in [-0.2, 0) is 4.79 Å². The van der Waals surface area contributed by atoms with Gasteiger partial charge in [-0.15, -0.1) is 0 Å². The van der Waals surface area contributed by atoms with Crippen molar-refractivity contribution in [1.82, 2.24) is 9.88 Å². The highest BCUT2D eigenvalue weighted by atomic mass is 16.5. The summed E-state index contributed by atoms with van der Waals surface area (Å²) in [4.78, 5) is 20.2. The number of aromatic nitrogens is 1. The molecule has 1 amide bonds. The zero-order valence-electron chi connectivity index (χ0n) is 13.9. The number of carbonyl (C=O) groups excluding carboxylic acids is 1. The van der Waals surface area contributed by atoms with Crippen LogP contribution in [0.25, 0.3) is 0 Å². The van der Waals surface area contributed by atoms with Crippen molar-refractivity contribution in [2.24, 2.45) is 5.41 Å². The van der Waals surface area contributed by atoms with Gasteiger partial charge in [0.15, 0.2) is 11.6 Å². The van der Waals surface area contributed by atoms with Crippen molar-refractivity contribution >= 4 is 11.7 Å². The molecule has 1 aromatic heterocycles. The van der Waals surface area contributed by atoms with Crippen molar-refractivity contribution in [3.05, 3.63) is 18.3 Å². The van der Waals surface area contributed by atoms with Gasteiger partial charge in [0.2, 0.25) is 5.91 Å². The van der Waals surface area contributed by atoms with Gasteiger partial charge < -0.3 is 24.7 Å². The van der Waals surface area contributed by atoms with E-state index in [1.807, 2.05) is 31.1 Å². The van der Waals surface area contributed by atoms with Gasteiger partial charge in [-0.05, 0) is 19.1 Å². The van der Waals surface area contributed by atoms with Crippen LogP contribution >= 0.6 is 0 Å². The van der Waals surface area contributed by atoms with Crippen LogP contribution in [0.2, 0.25) is 0 Å². The minimum absolute atomic E-state index is 0.122. The summed E-state index contributed by atoms with van der Waals surface area (Å²) in [7, 11) is 3.79. The number of pyridine rings is 1. The zero-order valence-corrected chi connectivity index (χ0v) is 13.9. The van der Waals surface area contributed by atoms with Crippen LogP contribution in [0.1, 0.15) is 13.3 Å². The van der Waals surface area contributed by atoms with Crippen LogP contribution in [-0.4, -0.2) is 72.5 Å². The van der Waals surface area contributed by atoms with E-state index in [-0.39, 0.29) is 25.2 Å². The van der Waals surface area contributed by atoms with Gasteiger partial charge in [0.25, 0.3) is 0 Å². The van der Waals surface area contributed by atoms with Crippen LogP contribution in [0.3, 0.4) is 0 Å². The molecule has 1 fully saturated rings. The molecule has 1 atom stereocenters. The fraction of sp³-hybridized carbons (Fsp3) is 0.625. The van der Waals surface area contributed by atoms with Crippen molar-refractivity contribution in [2.45, 2.75) is 19.4 Å². The Balaban J connectivity index is 2.03. The molecule has 7 heteroatoms. The molecule has 2 N–H and O–H groups in total. The summed E-state index contributed by atoms with van der Waals surface area (Å²) in [6, 6.07) is 3.67. The number of rotatable bonds is 6. The summed E-state index contributed by atoms with van der Waals surface area (Å²) in [5.74, 6) is 1.18. The van der Waals surface area contributed by atoms with Gasteiger partial charge in [-0.3, -0.25) is 4.79 Å². The number of amides is 1. The number of aliphatic hydroxyl groups excluding tert-OH is 2. The minimum Gasteiger partial charge on any atom is -0.485 e. The van der Waals surface area contributed by atoms with E-state index in [0.29, 0.717) is 25.3 Å². The fourth-order valence-corrected chi connectivity index (χ4v) is 2.57. The first kappa shape index (κ1) is 17.5. The Morgan fingerprint density at radius 2 is 2.17 bits per heavy atom. The molecule has 128 valence electrons. The molecule has 2 heterocycles. The summed E-state index contributed by atoms with van der Waals surface area (Å²) in [5.41, 5.74) is -1.14. The molecule has 0 spiro atoms. The lowest BCUT2D eigenvalue weighted by atomic mass is 9.91. The number of aliphatic hydroxyl groups is 2. The van der Waals surface area contributed by atoms with Crippen LogP contribution in [0.4, 0.5) is 5.82 Å². The molecule has 0 aliphatic carbocycles. The Labute approximate surface area is 136 Å². The van der Waals surface area contributed by atoms with Gasteiger partial charge in [-0.25, -0.2) is 4.98 Å². The summed E-state index contributed by atoms with van der Waals surface area (Å²) in [5, 5.41) is 18.7. The van der Waals surface area contributed by atoms with Gasteiger partial charge in [0.1, 0.15) is 6.10 Å². The van der Waals surface area contributed by atoms with Crippen molar-refractivity contribution in [2.75, 3.05) is 45.3 Å². The van der Waals surface area contributed by atoms with Gasteiger partial charge in [-0.2, -0.15) is 0 Å². The molecule has 0 bridgehead atoms. The summed E-state index contributed by atoms with van der Waals surface area (Å²) in [6.07, 6.45) is 2.30. The predicted molar refractivity (Wildman–Crippen MR) is 86.5 cm³/mol. The van der Waals surface area contributed by atoms with Crippen molar-refractivity contribution in [3.8, 4) is 5.75 Å². The van der Waals surface area contributed by atoms with Crippen LogP contribution < -0.4 is 9.64 Å². The molecule has 23 heavy (non-hydrogen) atoms. The molecule has 0 radical (unpaired) electrons. The average Bonchev–Trinajstić information content (AvgIpc) is 3.02. The monoisotopic (exact) mass is 323 g/mol. The largest absolute Gasteiger partial charge is 0.485 e. The second kappa shape index (κ2) is 7.14. The quantitative estimate of drug-likeness (QED) is 0.773. The van der Waals surface area contributed by atoms with Gasteiger partial charge in [-0.1, -0.05) is 0 Å². The van der Waals surface area contributed by atoms with E-state index in [2.05, 4.69) is 4.98 Å². The Morgan fingerprint density at radius 3 is 2.78 bits per heavy atom. The number of hydrogen-bond acceptors (Lipinski definition) is 6. The molecule has 7 nitrogen and oxygen atoms in total. The number of carbonyl (C=O) groups is 1. The Kier molecular flexibility index (Phi) is 5.43. The fourth-order valence-electron chi connectivity index (χ4n) is 2.57. The molecule has 1 aliphatic heterocycles. The first-order chi connectivity index (χ1) is 10.9. The van der Waals surface area contributed by atoms with E-state index >= 15 is 0 Å². The second-order valence-corrected chi connectivity index (χ2v) is 6.38. The third kappa shape index (κ3) is 3.73. The lowest BCUT2D eigenvalue weighted by Gasteiger charge is -2.29. The Bertz CT molecular complexity index is 546. The van der Waals surface area contributed by atoms with E-state index in [4.69, 9.17) is 4.74 Å². The minimum atomic E-state index is -1.14. The van der Waals surface area contributed by atoms with Gasteiger partial charge in [0, 0.05) is 33.3 Å². The van der Waals surface area contributed by atoms with E-state index < -0.39 is 5.41 Å². The lowest BCUT2D eigenvalue weighted by molar-refractivity contribution is -0.145. The van der Waals surface area contributed by atoms with Crippen molar-refractivity contribution in [1.29, 1.82) is 0 Å². The number of likely N-dealkylation sites (tertiary alicyclic amines) is 1. The molecule has 0 saturated carbocycles. The highest BCUT2D eigenvalue weighted by Crippen LogP contribution is 2.28. The standard InChI is InChI=1S/C16H25N3O4/c1-16(10-20,11-21)15(22)19-8-6-12(9-19)23-13-5-4-7-17-14(13)18(2)3/h4-5,7,12,20-21H,6,8-11H2,1-3H3. The maximum Gasteiger partial charge on any atom is 0.233 e. The smallest absolute Gasteiger partial charge is 0.233 e. The third-order valence-corrected chi connectivity index (χ3v) is 4.11. The second-order valence-electron chi connectivity index (χ2n) is 6.38. The van der Waals surface area contributed by atoms with Crippen molar-refractivity contribution in [3.63, 3.8) is 0 Å². The maximum absolute atomic E-state index is 12.4. The number of ether oxygens (including phenoxy) is 1. The molecule has 2 rings (SSSR count). The first-order valence-electron chi connectivity index (χ1n) is 7.71. The van der Waals surface area contributed by atoms with E-state index in [1.165, 1.54) is 0 Å². The molecule has 1 unspecified atom stereocenters. The van der Waals surface area contributed by atoms with E-state index in [0.717, 1.165) is 5.82 Å². The van der Waals surface area contributed by atoms with E-state index in [9.17, 15) is 15.0 Å². The van der Waals surface area contributed by atoms with Crippen LogP contribution in [0.5, 0.6) is 5.75 Å². The van der Waals surface area contributed by atoms with Gasteiger partial charge >= 0.3 is 0 Å². The summed E-state index contributed by atoms with van der Waals surface area (Å²) in [6.45, 7) is 1.80. The normalized spacial score (nSPS) is 18.1. The Morgan fingerprint density at radius 1 is 1.48 bits per heavy atom. The van der Waals surface area contributed by atoms with E-state index in [1.54, 1.807) is 18.0 Å². The maximum atomic E-state index is 12.4. The zero-order chi connectivity index (χ0) is 17.0. The third-order valence-electron chi connectivity index (χ3n) is 4.11. The molecule has 0 aromatic carbocycles. The first-order valence-corrected chi connectivity index (χ1v) is 7.71. The molecule has 1 aromatic rings. The van der Waals surface area contributed by atoms with Gasteiger partial charge in [0.05, 0.1) is 25.2 Å². The van der Waals surface area contributed by atoms with Crippen molar-refractivity contribution < 1.29 is 19.7 Å². The van der Waals surface area contributed by atoms with Crippen LogP contribution in [0.15, 0.2) is 18.3 Å². The SMILES string of the molecule is CN(C)c1ncccc1OC1CCN(C(=O)C(C)(CO)CO)C1. The number of hydrogen-bond donors (Lipinski definition) is 2. The highest BCUT2D eigenvalue weighted by Gasteiger charge is 2.39. The lowest BCUT2D eigenvalue weighted by Crippen LogP contribution is -2.46. The topological polar surface area (TPSA) is 86.1 Å². The Hall–Kier alpha value is -1.86. The average molecular weight is 323 g/mol.